The summed E-state index contributed by atoms with van der Waals surface area (Å²) in [6.45, 7) is 0.684. The van der Waals surface area contributed by atoms with Crippen LogP contribution in [0.4, 0.5) is 0 Å². The molecule has 1 aliphatic carbocycles. The van der Waals surface area contributed by atoms with Gasteiger partial charge in [-0.2, -0.15) is 0 Å². The molecule has 22 heavy (non-hydrogen) atoms. The van der Waals surface area contributed by atoms with Crippen molar-refractivity contribution < 1.29 is 9.90 Å². The van der Waals surface area contributed by atoms with Crippen LogP contribution < -0.4 is 5.69 Å². The summed E-state index contributed by atoms with van der Waals surface area (Å²) >= 11 is 0. The van der Waals surface area contributed by atoms with Crippen molar-refractivity contribution in [2.75, 3.05) is 6.54 Å². The second-order valence-electron chi connectivity index (χ2n) is 6.54. The van der Waals surface area contributed by atoms with Crippen LogP contribution in [0, 0.1) is 0 Å². The van der Waals surface area contributed by atoms with Gasteiger partial charge in [0.2, 0.25) is 5.91 Å². The zero-order chi connectivity index (χ0) is 15.6. The van der Waals surface area contributed by atoms with E-state index in [4.69, 9.17) is 0 Å². The van der Waals surface area contributed by atoms with Gasteiger partial charge in [-0.3, -0.25) is 4.79 Å². The van der Waals surface area contributed by atoms with E-state index in [-0.39, 0.29) is 24.1 Å². The van der Waals surface area contributed by atoms with Crippen molar-refractivity contribution in [1.82, 2.24) is 14.9 Å². The number of aromatic nitrogens is 2. The Balaban J connectivity index is 1.72. The lowest BCUT2D eigenvalue weighted by atomic mass is 9.82. The lowest BCUT2D eigenvalue weighted by molar-refractivity contribution is -0.138. The summed E-state index contributed by atoms with van der Waals surface area (Å²) < 4.78 is 0. The van der Waals surface area contributed by atoms with Gasteiger partial charge in [-0.25, -0.2) is 9.78 Å². The van der Waals surface area contributed by atoms with E-state index in [1.54, 1.807) is 11.0 Å². The van der Waals surface area contributed by atoms with Crippen LogP contribution in [-0.2, 0) is 4.79 Å². The number of amides is 1. The van der Waals surface area contributed by atoms with Gasteiger partial charge in [0, 0.05) is 18.4 Å². The zero-order valence-electron chi connectivity index (χ0n) is 12.8. The number of likely N-dealkylation sites (tertiary alicyclic amines) is 1. The molecule has 0 radical (unpaired) electrons. The predicted octanol–water partition coefficient (Wildman–Crippen LogP) is 1.52. The highest BCUT2D eigenvalue weighted by Crippen LogP contribution is 2.35. The second-order valence-corrected chi connectivity index (χ2v) is 6.54. The van der Waals surface area contributed by atoms with Crippen LogP contribution in [0.1, 0.15) is 63.1 Å². The maximum atomic E-state index is 12.6. The van der Waals surface area contributed by atoms with Crippen LogP contribution in [0.3, 0.4) is 0 Å². The third-order valence-corrected chi connectivity index (χ3v) is 4.89. The van der Waals surface area contributed by atoms with Crippen molar-refractivity contribution in [3.8, 4) is 0 Å². The number of rotatable bonds is 3. The number of hydrogen-bond acceptors (Lipinski definition) is 4. The van der Waals surface area contributed by atoms with E-state index in [0.717, 1.165) is 37.8 Å². The van der Waals surface area contributed by atoms with Crippen molar-refractivity contribution in [3.63, 3.8) is 0 Å². The number of H-pyrrole nitrogens is 1. The number of nitrogens with zero attached hydrogens (tertiary/aromatic N) is 2. The maximum absolute atomic E-state index is 12.6. The monoisotopic (exact) mass is 305 g/mol. The van der Waals surface area contributed by atoms with Gasteiger partial charge < -0.3 is 15.0 Å². The predicted molar refractivity (Wildman–Crippen MR) is 81.2 cm³/mol. The number of carbonyl (C=O) groups is 1. The fourth-order valence-corrected chi connectivity index (χ4v) is 3.74. The van der Waals surface area contributed by atoms with Crippen molar-refractivity contribution in [2.24, 2.45) is 0 Å². The molecular formula is C16H23N3O3. The Labute approximate surface area is 129 Å². The van der Waals surface area contributed by atoms with Crippen molar-refractivity contribution >= 4 is 5.91 Å². The molecule has 1 aromatic rings. The van der Waals surface area contributed by atoms with Gasteiger partial charge >= 0.3 is 5.69 Å². The Kier molecular flexibility index (Phi) is 4.29. The van der Waals surface area contributed by atoms with Crippen LogP contribution in [0.15, 0.2) is 17.1 Å². The van der Waals surface area contributed by atoms with Crippen molar-refractivity contribution in [3.05, 3.63) is 28.4 Å². The summed E-state index contributed by atoms with van der Waals surface area (Å²) in [5.74, 6) is -0.00967. The highest BCUT2D eigenvalue weighted by molar-refractivity contribution is 5.78. The van der Waals surface area contributed by atoms with E-state index in [1.165, 1.54) is 6.20 Å². The SMILES string of the molecule is O=C(CC1(O)CCCCC1)N1CCCC1c1ccnc(=O)[nH]1. The van der Waals surface area contributed by atoms with Gasteiger partial charge in [-0.1, -0.05) is 19.3 Å². The molecule has 1 amide bonds. The molecule has 1 atom stereocenters. The summed E-state index contributed by atoms with van der Waals surface area (Å²) in [5, 5.41) is 10.6. The van der Waals surface area contributed by atoms with Crippen LogP contribution in [-0.4, -0.2) is 38.0 Å². The minimum atomic E-state index is -0.839. The lowest BCUT2D eigenvalue weighted by Gasteiger charge is -2.34. The first-order valence-electron chi connectivity index (χ1n) is 8.14. The first-order chi connectivity index (χ1) is 10.6. The molecule has 2 N–H and O–H groups in total. The molecule has 1 saturated carbocycles. The number of aromatic amines is 1. The standard InChI is InChI=1S/C16H23N3O3/c20-14(11-16(22)7-2-1-3-8-16)19-10-4-5-13(19)12-6-9-17-15(21)18-12/h6,9,13,22H,1-5,7-8,10-11H2,(H,17,18,21). The molecule has 0 spiro atoms. The number of hydrogen-bond donors (Lipinski definition) is 2. The number of aliphatic hydroxyl groups is 1. The largest absolute Gasteiger partial charge is 0.389 e. The summed E-state index contributed by atoms with van der Waals surface area (Å²) in [6, 6.07) is 1.66. The highest BCUT2D eigenvalue weighted by atomic mass is 16.3. The Hall–Kier alpha value is -1.69. The topological polar surface area (TPSA) is 86.3 Å². The zero-order valence-corrected chi connectivity index (χ0v) is 12.8. The fourth-order valence-electron chi connectivity index (χ4n) is 3.74. The fraction of sp³-hybridized carbons (Fsp3) is 0.688. The minimum Gasteiger partial charge on any atom is -0.389 e. The normalized spacial score (nSPS) is 24.4. The van der Waals surface area contributed by atoms with Crippen LogP contribution in [0.5, 0.6) is 0 Å². The number of nitrogens with one attached hydrogen (secondary N) is 1. The summed E-state index contributed by atoms with van der Waals surface area (Å²) in [5.41, 5.74) is -0.488. The van der Waals surface area contributed by atoms with E-state index in [2.05, 4.69) is 9.97 Å². The molecule has 120 valence electrons. The van der Waals surface area contributed by atoms with Crippen LogP contribution in [0.25, 0.3) is 0 Å². The smallest absolute Gasteiger partial charge is 0.345 e. The van der Waals surface area contributed by atoms with Crippen LogP contribution >= 0.6 is 0 Å². The molecule has 3 rings (SSSR count). The lowest BCUT2D eigenvalue weighted by Crippen LogP contribution is -2.40. The molecule has 1 aliphatic heterocycles. The Morgan fingerprint density at radius 2 is 2.14 bits per heavy atom. The van der Waals surface area contributed by atoms with Crippen molar-refractivity contribution in [1.29, 1.82) is 0 Å². The molecule has 1 aromatic heterocycles. The van der Waals surface area contributed by atoms with E-state index in [9.17, 15) is 14.7 Å². The Bertz CT molecular complexity index is 592. The summed E-state index contributed by atoms with van der Waals surface area (Å²) in [7, 11) is 0. The molecule has 0 aromatic carbocycles. The Morgan fingerprint density at radius 1 is 1.36 bits per heavy atom. The molecule has 2 heterocycles. The molecular weight excluding hydrogens is 282 g/mol. The quantitative estimate of drug-likeness (QED) is 0.886. The second kappa shape index (κ2) is 6.20. The first kappa shape index (κ1) is 15.2. The molecule has 2 fully saturated rings. The van der Waals surface area contributed by atoms with Crippen LogP contribution in [0.2, 0.25) is 0 Å². The number of carbonyl (C=O) groups excluding carboxylic acids is 1. The Morgan fingerprint density at radius 3 is 2.86 bits per heavy atom. The maximum Gasteiger partial charge on any atom is 0.345 e. The molecule has 1 unspecified atom stereocenters. The molecule has 0 bridgehead atoms. The van der Waals surface area contributed by atoms with Gasteiger partial charge in [-0.15, -0.1) is 0 Å². The molecule has 6 nitrogen and oxygen atoms in total. The van der Waals surface area contributed by atoms with Gasteiger partial charge in [-0.05, 0) is 31.7 Å². The van der Waals surface area contributed by atoms with E-state index in [1.807, 2.05) is 0 Å². The van der Waals surface area contributed by atoms with E-state index < -0.39 is 5.60 Å². The minimum absolute atomic E-state index is 0.00967. The van der Waals surface area contributed by atoms with Gasteiger partial charge in [0.1, 0.15) is 0 Å². The molecule has 6 heteroatoms. The summed E-state index contributed by atoms with van der Waals surface area (Å²) in [4.78, 5) is 32.2. The average Bonchev–Trinajstić information content (AvgIpc) is 2.97. The third-order valence-electron chi connectivity index (χ3n) is 4.89. The van der Waals surface area contributed by atoms with Gasteiger partial charge in [0.25, 0.3) is 0 Å². The van der Waals surface area contributed by atoms with Crippen molar-refractivity contribution in [2.45, 2.75) is 63.0 Å². The molecule has 2 aliphatic rings. The summed E-state index contributed by atoms with van der Waals surface area (Å²) in [6.07, 6.45) is 7.97. The first-order valence-corrected chi connectivity index (χ1v) is 8.14. The molecule has 1 saturated heterocycles. The third kappa shape index (κ3) is 3.21. The highest BCUT2D eigenvalue weighted by Gasteiger charge is 2.37. The van der Waals surface area contributed by atoms with E-state index >= 15 is 0 Å². The van der Waals surface area contributed by atoms with Gasteiger partial charge in [0.05, 0.1) is 18.1 Å². The average molecular weight is 305 g/mol. The van der Waals surface area contributed by atoms with E-state index in [0.29, 0.717) is 19.4 Å². The van der Waals surface area contributed by atoms with Gasteiger partial charge in [0.15, 0.2) is 0 Å².